The molecule has 2 aromatic rings. The molecule has 2 rings (SSSR count). The number of para-hydroxylation sites is 1. The number of anilines is 1. The van der Waals surface area contributed by atoms with Crippen LogP contribution in [0.25, 0.3) is 0 Å². The molecule has 0 spiro atoms. The molecule has 17 heavy (non-hydrogen) atoms. The van der Waals surface area contributed by atoms with Gasteiger partial charge in [0.1, 0.15) is 11.4 Å². The molecule has 0 fully saturated rings. The SMILES string of the molecule is Cc1ncc(C(=O)Nc2ccccc2)c(=O)[nH]1. The summed E-state index contributed by atoms with van der Waals surface area (Å²) in [6.45, 7) is 1.65. The average Bonchev–Trinajstić information content (AvgIpc) is 2.30. The number of nitrogens with zero attached hydrogens (tertiary/aromatic N) is 1. The van der Waals surface area contributed by atoms with E-state index >= 15 is 0 Å². The maximum absolute atomic E-state index is 11.8. The minimum absolute atomic E-state index is 0.000506. The monoisotopic (exact) mass is 229 g/mol. The smallest absolute Gasteiger partial charge is 0.263 e. The highest BCUT2D eigenvalue weighted by molar-refractivity contribution is 6.03. The molecule has 5 nitrogen and oxygen atoms in total. The molecule has 0 saturated heterocycles. The van der Waals surface area contributed by atoms with E-state index in [9.17, 15) is 9.59 Å². The van der Waals surface area contributed by atoms with Gasteiger partial charge in [0.15, 0.2) is 0 Å². The normalized spacial score (nSPS) is 9.94. The topological polar surface area (TPSA) is 74.8 Å². The second-order valence-electron chi connectivity index (χ2n) is 3.53. The number of aryl methyl sites for hydroxylation is 1. The standard InChI is InChI=1S/C12H11N3O2/c1-8-13-7-10(11(16)14-8)12(17)15-9-5-3-2-4-6-9/h2-7H,1H3,(H,15,17)(H,13,14,16). The second-order valence-corrected chi connectivity index (χ2v) is 3.53. The summed E-state index contributed by atoms with van der Waals surface area (Å²) in [7, 11) is 0. The molecule has 1 amide bonds. The number of carbonyl (C=O) groups is 1. The predicted octanol–water partition coefficient (Wildman–Crippen LogP) is 1.33. The minimum Gasteiger partial charge on any atom is -0.322 e. The Morgan fingerprint density at radius 2 is 2.00 bits per heavy atom. The maximum Gasteiger partial charge on any atom is 0.263 e. The van der Waals surface area contributed by atoms with Gasteiger partial charge in [0.2, 0.25) is 0 Å². The lowest BCUT2D eigenvalue weighted by molar-refractivity contribution is 0.102. The van der Waals surface area contributed by atoms with Gasteiger partial charge in [0, 0.05) is 11.9 Å². The molecule has 5 heteroatoms. The Morgan fingerprint density at radius 1 is 1.29 bits per heavy atom. The summed E-state index contributed by atoms with van der Waals surface area (Å²) >= 11 is 0. The maximum atomic E-state index is 11.8. The fourth-order valence-electron chi connectivity index (χ4n) is 1.37. The predicted molar refractivity (Wildman–Crippen MR) is 64.0 cm³/mol. The van der Waals surface area contributed by atoms with E-state index < -0.39 is 11.5 Å². The van der Waals surface area contributed by atoms with Gasteiger partial charge < -0.3 is 10.3 Å². The lowest BCUT2D eigenvalue weighted by atomic mass is 10.2. The molecule has 2 N–H and O–H groups in total. The second kappa shape index (κ2) is 4.61. The Labute approximate surface area is 97.5 Å². The first-order valence-corrected chi connectivity index (χ1v) is 5.09. The van der Waals surface area contributed by atoms with Crippen LogP contribution in [0, 0.1) is 6.92 Å². The first kappa shape index (κ1) is 11.1. The van der Waals surface area contributed by atoms with E-state index in [1.807, 2.05) is 6.07 Å². The van der Waals surface area contributed by atoms with Crippen molar-refractivity contribution >= 4 is 11.6 Å². The fourth-order valence-corrected chi connectivity index (χ4v) is 1.37. The van der Waals surface area contributed by atoms with Crippen molar-refractivity contribution in [3.05, 3.63) is 58.3 Å². The molecule has 0 unspecified atom stereocenters. The molecular weight excluding hydrogens is 218 g/mol. The molecule has 0 atom stereocenters. The number of aromatic amines is 1. The number of nitrogens with one attached hydrogen (secondary N) is 2. The minimum atomic E-state index is -0.468. The molecular formula is C12H11N3O2. The molecule has 1 heterocycles. The zero-order valence-electron chi connectivity index (χ0n) is 9.23. The summed E-state index contributed by atoms with van der Waals surface area (Å²) in [5, 5.41) is 2.62. The van der Waals surface area contributed by atoms with Crippen molar-refractivity contribution in [3.63, 3.8) is 0 Å². The summed E-state index contributed by atoms with van der Waals surface area (Å²) in [4.78, 5) is 29.7. The lowest BCUT2D eigenvalue weighted by Gasteiger charge is -2.03. The van der Waals surface area contributed by atoms with Crippen LogP contribution in [0.3, 0.4) is 0 Å². The van der Waals surface area contributed by atoms with Gasteiger partial charge in [0.05, 0.1) is 0 Å². The number of hydrogen-bond acceptors (Lipinski definition) is 3. The average molecular weight is 229 g/mol. The summed E-state index contributed by atoms with van der Waals surface area (Å²) in [6.07, 6.45) is 1.27. The van der Waals surface area contributed by atoms with Crippen LogP contribution in [0.5, 0.6) is 0 Å². The summed E-state index contributed by atoms with van der Waals surface area (Å²) < 4.78 is 0. The number of amides is 1. The third-order valence-electron chi connectivity index (χ3n) is 2.20. The van der Waals surface area contributed by atoms with Crippen molar-refractivity contribution in [1.82, 2.24) is 9.97 Å². The van der Waals surface area contributed by atoms with Crippen LogP contribution in [-0.2, 0) is 0 Å². The highest BCUT2D eigenvalue weighted by Crippen LogP contribution is 2.06. The van der Waals surface area contributed by atoms with Gasteiger partial charge in [0.25, 0.3) is 11.5 Å². The number of aromatic nitrogens is 2. The van der Waals surface area contributed by atoms with Gasteiger partial charge in [-0.05, 0) is 19.1 Å². The first-order chi connectivity index (χ1) is 8.16. The highest BCUT2D eigenvalue weighted by Gasteiger charge is 2.10. The quantitative estimate of drug-likeness (QED) is 0.815. The summed E-state index contributed by atoms with van der Waals surface area (Å²) in [5.41, 5.74) is 0.197. The zero-order chi connectivity index (χ0) is 12.3. The Balaban J connectivity index is 2.24. The van der Waals surface area contributed by atoms with E-state index in [-0.39, 0.29) is 5.56 Å². The van der Waals surface area contributed by atoms with Gasteiger partial charge in [-0.25, -0.2) is 4.98 Å². The summed E-state index contributed by atoms with van der Waals surface area (Å²) in [5.74, 6) is 0.0104. The van der Waals surface area contributed by atoms with Crippen molar-refractivity contribution in [2.24, 2.45) is 0 Å². The molecule has 1 aromatic carbocycles. The van der Waals surface area contributed by atoms with E-state index in [0.29, 0.717) is 11.5 Å². The Bertz CT molecular complexity index is 590. The van der Waals surface area contributed by atoms with Crippen LogP contribution in [0.1, 0.15) is 16.2 Å². The number of rotatable bonds is 2. The Morgan fingerprint density at radius 3 is 2.65 bits per heavy atom. The van der Waals surface area contributed by atoms with Crippen LogP contribution in [0.2, 0.25) is 0 Å². The van der Waals surface area contributed by atoms with Gasteiger partial charge in [-0.1, -0.05) is 18.2 Å². The van der Waals surface area contributed by atoms with Crippen LogP contribution in [0.15, 0.2) is 41.3 Å². The third-order valence-corrected chi connectivity index (χ3v) is 2.20. The van der Waals surface area contributed by atoms with Crippen molar-refractivity contribution < 1.29 is 4.79 Å². The van der Waals surface area contributed by atoms with Crippen LogP contribution in [0.4, 0.5) is 5.69 Å². The Kier molecular flexibility index (Phi) is 3.00. The number of carbonyl (C=O) groups excluding carboxylic acids is 1. The van der Waals surface area contributed by atoms with Gasteiger partial charge >= 0.3 is 0 Å². The van der Waals surface area contributed by atoms with Crippen molar-refractivity contribution in [1.29, 1.82) is 0 Å². The number of hydrogen-bond donors (Lipinski definition) is 2. The molecule has 0 aliphatic carbocycles. The molecule has 86 valence electrons. The van der Waals surface area contributed by atoms with Crippen LogP contribution in [-0.4, -0.2) is 15.9 Å². The van der Waals surface area contributed by atoms with E-state index in [1.165, 1.54) is 6.20 Å². The van der Waals surface area contributed by atoms with E-state index in [1.54, 1.807) is 31.2 Å². The van der Waals surface area contributed by atoms with Crippen LogP contribution >= 0.6 is 0 Å². The lowest BCUT2D eigenvalue weighted by Crippen LogP contribution is -2.24. The third kappa shape index (κ3) is 2.57. The van der Waals surface area contributed by atoms with Crippen molar-refractivity contribution in [2.45, 2.75) is 6.92 Å². The molecule has 0 bridgehead atoms. The molecule has 0 radical (unpaired) electrons. The first-order valence-electron chi connectivity index (χ1n) is 5.09. The van der Waals surface area contributed by atoms with E-state index in [2.05, 4.69) is 15.3 Å². The van der Waals surface area contributed by atoms with Crippen molar-refractivity contribution in [2.75, 3.05) is 5.32 Å². The highest BCUT2D eigenvalue weighted by atomic mass is 16.2. The summed E-state index contributed by atoms with van der Waals surface area (Å²) in [6, 6.07) is 8.93. The van der Waals surface area contributed by atoms with E-state index in [0.717, 1.165) is 0 Å². The van der Waals surface area contributed by atoms with Gasteiger partial charge in [-0.2, -0.15) is 0 Å². The fraction of sp³-hybridized carbons (Fsp3) is 0.0833. The molecule has 1 aromatic heterocycles. The largest absolute Gasteiger partial charge is 0.322 e. The van der Waals surface area contributed by atoms with Crippen LogP contribution < -0.4 is 10.9 Å². The number of benzene rings is 1. The molecule has 0 aliphatic heterocycles. The molecule has 0 saturated carbocycles. The van der Waals surface area contributed by atoms with Gasteiger partial charge in [-0.3, -0.25) is 9.59 Å². The molecule has 0 aliphatic rings. The van der Waals surface area contributed by atoms with Crippen molar-refractivity contribution in [3.8, 4) is 0 Å². The van der Waals surface area contributed by atoms with E-state index in [4.69, 9.17) is 0 Å². The number of H-pyrrole nitrogens is 1. The zero-order valence-corrected chi connectivity index (χ0v) is 9.23. The van der Waals surface area contributed by atoms with Gasteiger partial charge in [-0.15, -0.1) is 0 Å². The Hall–Kier alpha value is -2.43.